The fourth-order valence-corrected chi connectivity index (χ4v) is 3.26. The Hall–Kier alpha value is -2.18. The van der Waals surface area contributed by atoms with Crippen LogP contribution in [0.15, 0.2) is 53.3 Å². The van der Waals surface area contributed by atoms with Gasteiger partial charge in [0.1, 0.15) is 0 Å². The van der Waals surface area contributed by atoms with E-state index in [0.717, 1.165) is 31.2 Å². The van der Waals surface area contributed by atoms with E-state index >= 15 is 0 Å². The van der Waals surface area contributed by atoms with Gasteiger partial charge in [0, 0.05) is 12.4 Å². The Labute approximate surface area is 146 Å². The molecule has 0 bridgehead atoms. The Balaban J connectivity index is 0.00000169. The topological polar surface area (TPSA) is 82.8 Å². The molecule has 2 aromatic heterocycles. The number of hydrogen-bond acceptors (Lipinski definition) is 5. The van der Waals surface area contributed by atoms with Crippen molar-refractivity contribution in [2.24, 2.45) is 5.73 Å². The van der Waals surface area contributed by atoms with Crippen molar-refractivity contribution in [3.63, 3.8) is 0 Å². The van der Waals surface area contributed by atoms with Crippen LogP contribution in [0.3, 0.4) is 0 Å². The monoisotopic (exact) mass is 345 g/mol. The van der Waals surface area contributed by atoms with Crippen molar-refractivity contribution < 1.29 is 4.52 Å². The molecule has 3 aromatic rings. The standard InChI is InChI=1S/C17H19N5O.ClH/c18-17(9-4-5-10-17)16-20-15(23-21-16)14(22-12-6-11-19-22)13-7-2-1-3-8-13;/h1-3,6-8,11-12,14H,4-5,9-10,18H2;1H. The van der Waals surface area contributed by atoms with Gasteiger partial charge in [-0.05, 0) is 24.5 Å². The summed E-state index contributed by atoms with van der Waals surface area (Å²) in [6.45, 7) is 0. The van der Waals surface area contributed by atoms with Crippen molar-refractivity contribution in [3.8, 4) is 0 Å². The van der Waals surface area contributed by atoms with Gasteiger partial charge in [-0.15, -0.1) is 12.4 Å². The highest BCUT2D eigenvalue weighted by Crippen LogP contribution is 2.35. The van der Waals surface area contributed by atoms with E-state index in [0.29, 0.717) is 11.7 Å². The number of aromatic nitrogens is 4. The van der Waals surface area contributed by atoms with Crippen LogP contribution in [-0.2, 0) is 5.54 Å². The second-order valence-electron chi connectivity index (χ2n) is 6.12. The maximum absolute atomic E-state index is 6.44. The van der Waals surface area contributed by atoms with Gasteiger partial charge in [0.25, 0.3) is 5.89 Å². The highest BCUT2D eigenvalue weighted by atomic mass is 35.5. The average molecular weight is 346 g/mol. The minimum absolute atomic E-state index is 0. The minimum atomic E-state index is -0.451. The fraction of sp³-hybridized carbons (Fsp3) is 0.353. The maximum Gasteiger partial charge on any atom is 0.256 e. The zero-order chi connectivity index (χ0) is 15.7. The molecule has 7 heteroatoms. The van der Waals surface area contributed by atoms with Gasteiger partial charge in [-0.2, -0.15) is 10.1 Å². The molecule has 0 radical (unpaired) electrons. The molecule has 1 saturated carbocycles. The lowest BCUT2D eigenvalue weighted by atomic mass is 9.98. The Morgan fingerprint density at radius 1 is 1.12 bits per heavy atom. The van der Waals surface area contributed by atoms with E-state index < -0.39 is 5.54 Å². The summed E-state index contributed by atoms with van der Waals surface area (Å²) in [7, 11) is 0. The van der Waals surface area contributed by atoms with Crippen LogP contribution in [0.25, 0.3) is 0 Å². The third-order valence-corrected chi connectivity index (χ3v) is 4.52. The summed E-state index contributed by atoms with van der Waals surface area (Å²) in [6, 6.07) is 11.7. The summed E-state index contributed by atoms with van der Waals surface area (Å²) < 4.78 is 7.40. The zero-order valence-electron chi connectivity index (χ0n) is 13.2. The van der Waals surface area contributed by atoms with Crippen molar-refractivity contribution in [3.05, 3.63) is 66.1 Å². The Kier molecular flexibility index (Phi) is 4.69. The minimum Gasteiger partial charge on any atom is -0.336 e. The Morgan fingerprint density at radius 2 is 1.88 bits per heavy atom. The number of nitrogens with two attached hydrogens (primary N) is 1. The molecule has 0 spiro atoms. The largest absolute Gasteiger partial charge is 0.336 e. The zero-order valence-corrected chi connectivity index (χ0v) is 14.0. The molecule has 0 aliphatic heterocycles. The molecule has 4 rings (SSSR count). The molecule has 1 atom stereocenters. The Bertz CT molecular complexity index is 765. The molecule has 126 valence electrons. The first-order valence-corrected chi connectivity index (χ1v) is 7.93. The molecule has 1 aliphatic rings. The highest BCUT2D eigenvalue weighted by Gasteiger charge is 2.37. The van der Waals surface area contributed by atoms with Crippen molar-refractivity contribution >= 4 is 12.4 Å². The number of rotatable bonds is 4. The van der Waals surface area contributed by atoms with Crippen LogP contribution in [0.1, 0.15) is 49.0 Å². The van der Waals surface area contributed by atoms with Gasteiger partial charge in [-0.3, -0.25) is 4.68 Å². The first-order valence-electron chi connectivity index (χ1n) is 7.93. The molecular formula is C17H20ClN5O. The molecule has 0 amide bonds. The van der Waals surface area contributed by atoms with E-state index in [4.69, 9.17) is 10.3 Å². The Morgan fingerprint density at radius 3 is 2.54 bits per heavy atom. The van der Waals surface area contributed by atoms with E-state index in [1.165, 1.54) is 0 Å². The molecule has 1 unspecified atom stereocenters. The third-order valence-electron chi connectivity index (χ3n) is 4.52. The molecule has 2 N–H and O–H groups in total. The van der Waals surface area contributed by atoms with Gasteiger partial charge in [-0.25, -0.2) is 0 Å². The molecular weight excluding hydrogens is 326 g/mol. The summed E-state index contributed by atoms with van der Waals surface area (Å²) in [5, 5.41) is 8.53. The summed E-state index contributed by atoms with van der Waals surface area (Å²) in [6.07, 6.45) is 7.68. The second kappa shape index (κ2) is 6.75. The summed E-state index contributed by atoms with van der Waals surface area (Å²) in [4.78, 5) is 4.63. The van der Waals surface area contributed by atoms with Gasteiger partial charge in [0.15, 0.2) is 11.9 Å². The quantitative estimate of drug-likeness (QED) is 0.785. The van der Waals surface area contributed by atoms with Gasteiger partial charge >= 0.3 is 0 Å². The fourth-order valence-electron chi connectivity index (χ4n) is 3.26. The van der Waals surface area contributed by atoms with Crippen molar-refractivity contribution in [1.29, 1.82) is 0 Å². The number of benzene rings is 1. The summed E-state index contributed by atoms with van der Waals surface area (Å²) >= 11 is 0. The third kappa shape index (κ3) is 2.95. The van der Waals surface area contributed by atoms with E-state index in [1.807, 2.05) is 47.3 Å². The van der Waals surface area contributed by atoms with Crippen LogP contribution in [0, 0.1) is 0 Å². The van der Waals surface area contributed by atoms with Crippen LogP contribution in [-0.4, -0.2) is 19.9 Å². The molecule has 1 aromatic carbocycles. The van der Waals surface area contributed by atoms with Crippen LogP contribution in [0.5, 0.6) is 0 Å². The van der Waals surface area contributed by atoms with Crippen molar-refractivity contribution in [2.45, 2.75) is 37.3 Å². The molecule has 24 heavy (non-hydrogen) atoms. The lowest BCUT2D eigenvalue weighted by Crippen LogP contribution is -2.34. The molecule has 0 saturated heterocycles. The van der Waals surface area contributed by atoms with Crippen LogP contribution < -0.4 is 5.73 Å². The first-order chi connectivity index (χ1) is 11.3. The lowest BCUT2D eigenvalue weighted by molar-refractivity contribution is 0.328. The normalized spacial score (nSPS) is 17.4. The smallest absolute Gasteiger partial charge is 0.256 e. The molecule has 6 nitrogen and oxygen atoms in total. The van der Waals surface area contributed by atoms with Crippen molar-refractivity contribution in [1.82, 2.24) is 19.9 Å². The highest BCUT2D eigenvalue weighted by molar-refractivity contribution is 5.85. The SMILES string of the molecule is Cl.NC1(c2noc(C(c3ccccc3)n3cccn3)n2)CCCC1. The van der Waals surface area contributed by atoms with E-state index in [9.17, 15) is 0 Å². The second-order valence-corrected chi connectivity index (χ2v) is 6.12. The van der Waals surface area contributed by atoms with Gasteiger partial charge in [0.2, 0.25) is 0 Å². The average Bonchev–Trinajstić information content (AvgIpc) is 3.31. The molecule has 2 heterocycles. The van der Waals surface area contributed by atoms with Gasteiger partial charge in [0.05, 0.1) is 5.54 Å². The number of nitrogens with zero attached hydrogens (tertiary/aromatic N) is 4. The van der Waals surface area contributed by atoms with E-state index in [1.54, 1.807) is 6.20 Å². The predicted molar refractivity (Wildman–Crippen MR) is 91.8 cm³/mol. The number of hydrogen-bond donors (Lipinski definition) is 1. The van der Waals surface area contributed by atoms with E-state index in [-0.39, 0.29) is 18.4 Å². The predicted octanol–water partition coefficient (Wildman–Crippen LogP) is 3.05. The first kappa shape index (κ1) is 16.7. The van der Waals surface area contributed by atoms with Crippen LogP contribution >= 0.6 is 12.4 Å². The lowest BCUT2D eigenvalue weighted by Gasteiger charge is -2.18. The van der Waals surface area contributed by atoms with Crippen molar-refractivity contribution in [2.75, 3.05) is 0 Å². The summed E-state index contributed by atoms with van der Waals surface area (Å²) in [5.41, 5.74) is 7.04. The van der Waals surface area contributed by atoms with Gasteiger partial charge in [-0.1, -0.05) is 48.3 Å². The van der Waals surface area contributed by atoms with Gasteiger partial charge < -0.3 is 10.3 Å². The maximum atomic E-state index is 6.44. The number of halogens is 1. The van der Waals surface area contributed by atoms with E-state index in [2.05, 4.69) is 15.2 Å². The molecule has 1 fully saturated rings. The van der Waals surface area contributed by atoms with Crippen LogP contribution in [0.2, 0.25) is 0 Å². The van der Waals surface area contributed by atoms with Crippen LogP contribution in [0.4, 0.5) is 0 Å². The summed E-state index contributed by atoms with van der Waals surface area (Å²) in [5.74, 6) is 1.13. The molecule has 1 aliphatic carbocycles.